The minimum atomic E-state index is -1.45. The summed E-state index contributed by atoms with van der Waals surface area (Å²) in [5.74, 6) is -0.0170. The molecule has 2 aromatic heterocycles. The van der Waals surface area contributed by atoms with Crippen LogP contribution >= 0.6 is 0 Å². The van der Waals surface area contributed by atoms with Crippen LogP contribution < -0.4 is 16.2 Å². The molecule has 0 amide bonds. The maximum Gasteiger partial charge on any atom is 0.333 e. The molecule has 0 spiro atoms. The highest BCUT2D eigenvalue weighted by molar-refractivity contribution is 5.78. The van der Waals surface area contributed by atoms with Crippen LogP contribution in [0.1, 0.15) is 13.2 Å². The molecule has 1 fully saturated rings. The van der Waals surface area contributed by atoms with Gasteiger partial charge in [-0.15, -0.1) is 6.58 Å². The van der Waals surface area contributed by atoms with E-state index >= 15 is 0 Å². The maximum absolute atomic E-state index is 13.0. The Morgan fingerprint density at radius 1 is 1.38 bits per heavy atom. The van der Waals surface area contributed by atoms with Gasteiger partial charge in [-0.25, -0.2) is 9.36 Å². The van der Waals surface area contributed by atoms with Crippen LogP contribution in [0.3, 0.4) is 0 Å². The predicted molar refractivity (Wildman–Crippen MR) is 90.6 cm³/mol. The summed E-state index contributed by atoms with van der Waals surface area (Å²) in [4.78, 5) is 21.1. The molecule has 142 valence electrons. The van der Waals surface area contributed by atoms with E-state index in [-0.39, 0.29) is 36.1 Å². The summed E-state index contributed by atoms with van der Waals surface area (Å²) >= 11 is 0. The van der Waals surface area contributed by atoms with Gasteiger partial charge in [0.05, 0.1) is 13.2 Å². The Morgan fingerprint density at radius 2 is 2.12 bits per heavy atom. The van der Waals surface area contributed by atoms with Crippen LogP contribution in [0.5, 0.6) is 5.88 Å². The first-order chi connectivity index (χ1) is 12.4. The number of allylic oxidation sites excluding steroid dienone is 1. The van der Waals surface area contributed by atoms with Crippen molar-refractivity contribution in [3.8, 4) is 5.88 Å². The highest BCUT2D eigenvalue weighted by atomic mass is 16.6. The van der Waals surface area contributed by atoms with E-state index in [1.54, 1.807) is 6.92 Å². The zero-order valence-corrected chi connectivity index (χ0v) is 14.1. The highest BCUT2D eigenvalue weighted by Crippen LogP contribution is 2.32. The van der Waals surface area contributed by atoms with Crippen molar-refractivity contribution in [2.45, 2.75) is 38.0 Å². The largest absolute Gasteiger partial charge is 0.476 e. The molecule has 4 atom stereocenters. The van der Waals surface area contributed by atoms with Gasteiger partial charge in [-0.1, -0.05) is 6.08 Å². The summed E-state index contributed by atoms with van der Waals surface area (Å²) in [5, 5.41) is 29.6. The molecule has 0 unspecified atom stereocenters. The lowest BCUT2D eigenvalue weighted by Crippen LogP contribution is -2.36. The molecule has 5 N–H and O–H groups in total. The third-order valence-corrected chi connectivity index (χ3v) is 4.15. The SMILES string of the molecule is C=CCn1c(=O)n([C@@H]2O[C@H](CO)[C@@H](O)[C@H]2O)c2nc(N)nc(OCC)c21. The summed E-state index contributed by atoms with van der Waals surface area (Å²) in [5.41, 5.74) is 5.51. The molecule has 11 nitrogen and oxygen atoms in total. The zero-order chi connectivity index (χ0) is 19.0. The van der Waals surface area contributed by atoms with Crippen LogP contribution in [0.15, 0.2) is 17.4 Å². The summed E-state index contributed by atoms with van der Waals surface area (Å²) in [6.07, 6.45) is -3.59. The Balaban J connectivity index is 2.28. The van der Waals surface area contributed by atoms with Crippen LogP contribution in [0.25, 0.3) is 11.2 Å². The normalized spacial score (nSPS) is 25.7. The van der Waals surface area contributed by atoms with E-state index in [2.05, 4.69) is 16.5 Å². The number of aromatic nitrogens is 4. The molecule has 1 aliphatic heterocycles. The van der Waals surface area contributed by atoms with Crippen molar-refractivity contribution in [2.75, 3.05) is 18.9 Å². The van der Waals surface area contributed by atoms with Crippen LogP contribution in [0.2, 0.25) is 0 Å². The first-order valence-electron chi connectivity index (χ1n) is 8.08. The Morgan fingerprint density at radius 3 is 2.69 bits per heavy atom. The minimum Gasteiger partial charge on any atom is -0.476 e. The third kappa shape index (κ3) is 2.74. The molecule has 3 rings (SSSR count). The quantitative estimate of drug-likeness (QED) is 0.440. The predicted octanol–water partition coefficient (Wildman–Crippen LogP) is -1.63. The number of anilines is 1. The minimum absolute atomic E-state index is 0.0858. The molecular formula is C15H21N5O6. The van der Waals surface area contributed by atoms with E-state index in [0.717, 1.165) is 4.57 Å². The lowest BCUT2D eigenvalue weighted by atomic mass is 10.1. The topological polar surface area (TPSA) is 158 Å². The molecule has 0 saturated carbocycles. The van der Waals surface area contributed by atoms with Gasteiger partial charge >= 0.3 is 5.69 Å². The van der Waals surface area contributed by atoms with Gasteiger partial charge in [0.25, 0.3) is 0 Å². The van der Waals surface area contributed by atoms with Crippen molar-refractivity contribution < 1.29 is 24.8 Å². The lowest BCUT2D eigenvalue weighted by Gasteiger charge is -2.15. The molecule has 0 aromatic carbocycles. The average Bonchev–Trinajstić information content (AvgIpc) is 3.03. The maximum atomic E-state index is 13.0. The van der Waals surface area contributed by atoms with E-state index in [0.29, 0.717) is 0 Å². The fourth-order valence-electron chi connectivity index (χ4n) is 3.02. The summed E-state index contributed by atoms with van der Waals surface area (Å²) < 4.78 is 13.3. The van der Waals surface area contributed by atoms with Gasteiger partial charge in [-0.2, -0.15) is 9.97 Å². The number of nitrogens with two attached hydrogens (primary N) is 1. The van der Waals surface area contributed by atoms with Gasteiger partial charge in [0.2, 0.25) is 11.8 Å². The Labute approximate surface area is 147 Å². The number of nitrogens with zero attached hydrogens (tertiary/aromatic N) is 4. The Hall–Kier alpha value is -2.47. The molecule has 3 heterocycles. The Bertz CT molecular complexity index is 878. The number of nitrogen functional groups attached to an aromatic ring is 1. The van der Waals surface area contributed by atoms with Gasteiger partial charge < -0.3 is 30.5 Å². The van der Waals surface area contributed by atoms with E-state index in [1.807, 2.05) is 0 Å². The molecular weight excluding hydrogens is 346 g/mol. The van der Waals surface area contributed by atoms with Gasteiger partial charge in [-0.05, 0) is 6.92 Å². The number of imidazole rings is 1. The van der Waals surface area contributed by atoms with Crippen molar-refractivity contribution in [3.05, 3.63) is 23.1 Å². The third-order valence-electron chi connectivity index (χ3n) is 4.15. The number of hydrogen-bond donors (Lipinski definition) is 4. The molecule has 0 radical (unpaired) electrons. The van der Waals surface area contributed by atoms with Crippen molar-refractivity contribution in [1.82, 2.24) is 19.1 Å². The highest BCUT2D eigenvalue weighted by Gasteiger charge is 2.45. The van der Waals surface area contributed by atoms with Gasteiger partial charge in [0.15, 0.2) is 17.4 Å². The smallest absolute Gasteiger partial charge is 0.333 e. The standard InChI is InChI=1S/C15H21N5O6/c1-3-5-19-8-11(17-14(16)18-12(8)25-4-2)20(15(19)24)13-10(23)9(22)7(6-21)26-13/h3,7,9-10,13,21-23H,1,4-6H2,2H3,(H2,16,17,18)/t7-,9-,10-,13-/m1/s1. The van der Waals surface area contributed by atoms with Crippen molar-refractivity contribution in [1.29, 1.82) is 0 Å². The molecule has 0 bridgehead atoms. The second-order valence-electron chi connectivity index (χ2n) is 5.77. The average molecular weight is 367 g/mol. The van der Waals surface area contributed by atoms with Crippen LogP contribution in [0.4, 0.5) is 5.95 Å². The van der Waals surface area contributed by atoms with Crippen LogP contribution in [-0.4, -0.2) is 65.9 Å². The monoisotopic (exact) mass is 367 g/mol. The number of aliphatic hydroxyl groups excluding tert-OH is 3. The van der Waals surface area contributed by atoms with E-state index in [9.17, 15) is 20.1 Å². The zero-order valence-electron chi connectivity index (χ0n) is 14.1. The summed E-state index contributed by atoms with van der Waals surface area (Å²) in [6.45, 7) is 5.28. The van der Waals surface area contributed by atoms with Crippen molar-refractivity contribution in [2.24, 2.45) is 0 Å². The second kappa shape index (κ2) is 7.03. The first-order valence-corrected chi connectivity index (χ1v) is 8.08. The van der Waals surface area contributed by atoms with Crippen molar-refractivity contribution in [3.63, 3.8) is 0 Å². The molecule has 0 aliphatic carbocycles. The fraction of sp³-hybridized carbons (Fsp3) is 0.533. The Kier molecular flexibility index (Phi) is 4.96. The number of rotatable bonds is 6. The van der Waals surface area contributed by atoms with Gasteiger partial charge in [0.1, 0.15) is 18.3 Å². The molecule has 1 saturated heterocycles. The van der Waals surface area contributed by atoms with E-state index < -0.39 is 36.8 Å². The van der Waals surface area contributed by atoms with E-state index in [4.69, 9.17) is 15.2 Å². The van der Waals surface area contributed by atoms with Crippen LogP contribution in [0, 0.1) is 0 Å². The number of fused-ring (bicyclic) bond motifs is 1. The second-order valence-corrected chi connectivity index (χ2v) is 5.77. The van der Waals surface area contributed by atoms with E-state index in [1.165, 1.54) is 10.6 Å². The van der Waals surface area contributed by atoms with Gasteiger partial charge in [0, 0.05) is 6.54 Å². The summed E-state index contributed by atoms with van der Waals surface area (Å²) in [7, 11) is 0. The summed E-state index contributed by atoms with van der Waals surface area (Å²) in [6, 6.07) is 0. The first kappa shape index (κ1) is 18.3. The number of hydrogen-bond acceptors (Lipinski definition) is 9. The molecule has 11 heteroatoms. The fourth-order valence-corrected chi connectivity index (χ4v) is 3.02. The lowest BCUT2D eigenvalue weighted by molar-refractivity contribution is -0.0527. The number of ether oxygens (including phenoxy) is 2. The number of aliphatic hydroxyl groups is 3. The van der Waals surface area contributed by atoms with Crippen LogP contribution in [-0.2, 0) is 11.3 Å². The van der Waals surface area contributed by atoms with Gasteiger partial charge in [-0.3, -0.25) is 4.57 Å². The van der Waals surface area contributed by atoms with Crippen molar-refractivity contribution >= 4 is 17.1 Å². The molecule has 2 aromatic rings. The molecule has 1 aliphatic rings. The molecule has 26 heavy (non-hydrogen) atoms.